The van der Waals surface area contributed by atoms with Gasteiger partial charge in [0.15, 0.2) is 0 Å². The predicted molar refractivity (Wildman–Crippen MR) is 59.4 cm³/mol. The fourth-order valence-electron chi connectivity index (χ4n) is 1.10. The van der Waals surface area contributed by atoms with Gasteiger partial charge in [0, 0.05) is 24.5 Å². The molecule has 0 unspecified atom stereocenters. The standard InChI is InChI=1S/C12H13ClO/c13-9-2-1-3-11-4-6-12(7-5-11)8-10-14/h4-7,14H,2,8-10H2. The molecule has 0 heterocycles. The van der Waals surface area contributed by atoms with Gasteiger partial charge in [-0.2, -0.15) is 0 Å². The van der Waals surface area contributed by atoms with Gasteiger partial charge in [-0.05, 0) is 24.1 Å². The van der Waals surface area contributed by atoms with Crippen LogP contribution in [0, 0.1) is 11.8 Å². The molecule has 0 aliphatic carbocycles. The highest BCUT2D eigenvalue weighted by molar-refractivity contribution is 6.18. The molecular weight excluding hydrogens is 196 g/mol. The summed E-state index contributed by atoms with van der Waals surface area (Å²) in [6.07, 6.45) is 1.43. The van der Waals surface area contributed by atoms with Crippen LogP contribution < -0.4 is 0 Å². The smallest absolute Gasteiger partial charge is 0.0471 e. The first-order valence-electron chi connectivity index (χ1n) is 4.61. The molecule has 1 N–H and O–H groups in total. The third kappa shape index (κ3) is 3.83. The molecule has 0 saturated carbocycles. The third-order valence-corrected chi connectivity index (χ3v) is 2.00. The van der Waals surface area contributed by atoms with E-state index in [0.717, 1.165) is 17.5 Å². The van der Waals surface area contributed by atoms with Crippen molar-refractivity contribution >= 4 is 11.6 Å². The molecule has 0 aliphatic rings. The molecule has 0 spiro atoms. The van der Waals surface area contributed by atoms with E-state index in [1.54, 1.807) is 0 Å². The maximum absolute atomic E-state index is 8.72. The highest BCUT2D eigenvalue weighted by Gasteiger charge is 1.90. The summed E-state index contributed by atoms with van der Waals surface area (Å²) >= 11 is 5.50. The summed E-state index contributed by atoms with van der Waals surface area (Å²) in [5.74, 6) is 6.57. The third-order valence-electron chi connectivity index (χ3n) is 1.81. The SMILES string of the molecule is OCCc1ccc(C#CCCCl)cc1. The number of rotatable bonds is 3. The maximum Gasteiger partial charge on any atom is 0.0471 e. The van der Waals surface area contributed by atoms with Gasteiger partial charge >= 0.3 is 0 Å². The second kappa shape index (κ2) is 6.48. The molecule has 1 rings (SSSR count). The molecule has 2 heteroatoms. The minimum absolute atomic E-state index is 0.192. The molecule has 1 aromatic carbocycles. The Kier molecular flexibility index (Phi) is 5.14. The molecule has 14 heavy (non-hydrogen) atoms. The van der Waals surface area contributed by atoms with Crippen LogP contribution in [0.4, 0.5) is 0 Å². The van der Waals surface area contributed by atoms with Gasteiger partial charge in [0.25, 0.3) is 0 Å². The van der Waals surface area contributed by atoms with Gasteiger partial charge in [0.2, 0.25) is 0 Å². The van der Waals surface area contributed by atoms with Crippen LogP contribution in [0.25, 0.3) is 0 Å². The molecule has 0 aromatic heterocycles. The number of hydrogen-bond donors (Lipinski definition) is 1. The maximum atomic E-state index is 8.72. The first kappa shape index (κ1) is 11.1. The molecule has 74 valence electrons. The van der Waals surface area contributed by atoms with Gasteiger partial charge in [-0.25, -0.2) is 0 Å². The topological polar surface area (TPSA) is 20.2 Å². The molecule has 0 atom stereocenters. The number of halogens is 1. The van der Waals surface area contributed by atoms with Crippen molar-refractivity contribution in [1.82, 2.24) is 0 Å². The fraction of sp³-hybridized carbons (Fsp3) is 0.333. The van der Waals surface area contributed by atoms with Crippen LogP contribution in [0.3, 0.4) is 0 Å². The molecule has 0 saturated heterocycles. The Balaban J connectivity index is 2.60. The predicted octanol–water partition coefficient (Wildman–Crippen LogP) is 2.20. The monoisotopic (exact) mass is 208 g/mol. The van der Waals surface area contributed by atoms with Crippen LogP contribution >= 0.6 is 11.6 Å². The summed E-state index contributed by atoms with van der Waals surface area (Å²) in [6.45, 7) is 0.192. The highest BCUT2D eigenvalue weighted by atomic mass is 35.5. The van der Waals surface area contributed by atoms with E-state index >= 15 is 0 Å². The molecule has 1 nitrogen and oxygen atoms in total. The quantitative estimate of drug-likeness (QED) is 0.597. The van der Waals surface area contributed by atoms with E-state index in [4.69, 9.17) is 16.7 Å². The molecule has 0 bridgehead atoms. The number of benzene rings is 1. The van der Waals surface area contributed by atoms with Crippen LogP contribution in [-0.4, -0.2) is 17.6 Å². The van der Waals surface area contributed by atoms with Gasteiger partial charge in [0.1, 0.15) is 0 Å². The van der Waals surface area contributed by atoms with Gasteiger partial charge in [-0.1, -0.05) is 24.0 Å². The second-order valence-corrected chi connectivity index (χ2v) is 3.29. The lowest BCUT2D eigenvalue weighted by Crippen LogP contribution is -1.89. The Morgan fingerprint density at radius 2 is 1.93 bits per heavy atom. The Morgan fingerprint density at radius 1 is 1.21 bits per heavy atom. The Morgan fingerprint density at radius 3 is 2.50 bits per heavy atom. The number of aliphatic hydroxyl groups is 1. The van der Waals surface area contributed by atoms with E-state index in [1.807, 2.05) is 24.3 Å². The normalized spacial score (nSPS) is 9.29. The first-order chi connectivity index (χ1) is 6.86. The molecular formula is C12H13ClO. The van der Waals surface area contributed by atoms with E-state index in [2.05, 4.69) is 11.8 Å². The van der Waals surface area contributed by atoms with Gasteiger partial charge < -0.3 is 5.11 Å². The van der Waals surface area contributed by atoms with Crippen molar-refractivity contribution < 1.29 is 5.11 Å². The largest absolute Gasteiger partial charge is 0.396 e. The minimum Gasteiger partial charge on any atom is -0.396 e. The Hall–Kier alpha value is -0.970. The first-order valence-corrected chi connectivity index (χ1v) is 5.15. The van der Waals surface area contributed by atoms with Crippen LogP contribution in [-0.2, 0) is 6.42 Å². The van der Waals surface area contributed by atoms with Crippen molar-refractivity contribution in [2.75, 3.05) is 12.5 Å². The van der Waals surface area contributed by atoms with E-state index in [9.17, 15) is 0 Å². The van der Waals surface area contributed by atoms with Crippen LogP contribution in [0.1, 0.15) is 17.5 Å². The summed E-state index contributed by atoms with van der Waals surface area (Å²) in [5.41, 5.74) is 2.13. The van der Waals surface area contributed by atoms with Gasteiger partial charge in [0.05, 0.1) is 0 Å². The lowest BCUT2D eigenvalue weighted by Gasteiger charge is -1.96. The van der Waals surface area contributed by atoms with E-state index in [1.165, 1.54) is 0 Å². The van der Waals surface area contributed by atoms with Crippen molar-refractivity contribution in [1.29, 1.82) is 0 Å². The van der Waals surface area contributed by atoms with E-state index in [-0.39, 0.29) is 6.61 Å². The van der Waals surface area contributed by atoms with Gasteiger partial charge in [-0.15, -0.1) is 11.6 Å². The number of aliphatic hydroxyl groups excluding tert-OH is 1. The van der Waals surface area contributed by atoms with Gasteiger partial charge in [-0.3, -0.25) is 0 Å². The minimum atomic E-state index is 0.192. The van der Waals surface area contributed by atoms with Crippen molar-refractivity contribution in [3.8, 4) is 11.8 Å². The molecule has 0 radical (unpaired) electrons. The van der Waals surface area contributed by atoms with Crippen molar-refractivity contribution in [3.63, 3.8) is 0 Å². The van der Waals surface area contributed by atoms with Crippen molar-refractivity contribution in [2.45, 2.75) is 12.8 Å². The number of alkyl halides is 1. The molecule has 0 aliphatic heterocycles. The Labute approximate surface area is 89.7 Å². The van der Waals surface area contributed by atoms with E-state index < -0.39 is 0 Å². The summed E-state index contributed by atoms with van der Waals surface area (Å²) in [7, 11) is 0. The van der Waals surface area contributed by atoms with Crippen LogP contribution in [0.5, 0.6) is 0 Å². The molecule has 0 fully saturated rings. The average molecular weight is 209 g/mol. The highest BCUT2D eigenvalue weighted by Crippen LogP contribution is 2.03. The summed E-state index contributed by atoms with van der Waals surface area (Å²) in [6, 6.07) is 7.90. The second-order valence-electron chi connectivity index (χ2n) is 2.91. The number of hydrogen-bond acceptors (Lipinski definition) is 1. The zero-order valence-electron chi connectivity index (χ0n) is 7.96. The summed E-state index contributed by atoms with van der Waals surface area (Å²) < 4.78 is 0. The zero-order chi connectivity index (χ0) is 10.2. The lowest BCUT2D eigenvalue weighted by molar-refractivity contribution is 0.299. The van der Waals surface area contributed by atoms with Crippen molar-refractivity contribution in [2.24, 2.45) is 0 Å². The summed E-state index contributed by atoms with van der Waals surface area (Å²) in [4.78, 5) is 0. The lowest BCUT2D eigenvalue weighted by atomic mass is 10.1. The van der Waals surface area contributed by atoms with E-state index in [0.29, 0.717) is 12.3 Å². The average Bonchev–Trinajstić information content (AvgIpc) is 2.21. The van der Waals surface area contributed by atoms with Crippen LogP contribution in [0.2, 0.25) is 0 Å². The molecule has 1 aromatic rings. The van der Waals surface area contributed by atoms with Crippen LogP contribution in [0.15, 0.2) is 24.3 Å². The molecule has 0 amide bonds. The summed E-state index contributed by atoms with van der Waals surface area (Å²) in [5, 5.41) is 8.72. The fourth-order valence-corrected chi connectivity index (χ4v) is 1.19. The van der Waals surface area contributed by atoms with Crippen molar-refractivity contribution in [3.05, 3.63) is 35.4 Å². The zero-order valence-corrected chi connectivity index (χ0v) is 8.72. The Bertz CT molecular complexity index is 318.